The number of hydrogen-bond acceptors (Lipinski definition) is 4. The monoisotopic (exact) mass is 370 g/mol. The molecule has 0 unspecified atom stereocenters. The summed E-state index contributed by atoms with van der Waals surface area (Å²) in [5, 5.41) is 9.42. The molecule has 0 aliphatic carbocycles. The molecule has 26 heavy (non-hydrogen) atoms. The summed E-state index contributed by atoms with van der Waals surface area (Å²) in [5.74, 6) is 0.437. The predicted molar refractivity (Wildman–Crippen MR) is 102 cm³/mol. The number of piperidine rings is 1. The second-order valence-corrected chi connectivity index (χ2v) is 7.43. The Morgan fingerprint density at radius 3 is 2.38 bits per heavy atom. The van der Waals surface area contributed by atoms with Crippen molar-refractivity contribution < 1.29 is 14.7 Å². The van der Waals surface area contributed by atoms with Gasteiger partial charge in [-0.25, -0.2) is 0 Å². The maximum absolute atomic E-state index is 12.9. The normalized spacial score (nSPS) is 15.0. The molecular formula is C20H22N2O3S. The molecule has 0 bridgehead atoms. The van der Waals surface area contributed by atoms with Crippen molar-refractivity contribution >= 4 is 23.6 Å². The number of phenolic OH excluding ortho intramolecular Hbond substituents is 1. The van der Waals surface area contributed by atoms with Gasteiger partial charge >= 0.3 is 0 Å². The van der Waals surface area contributed by atoms with Crippen LogP contribution in [0.5, 0.6) is 5.75 Å². The van der Waals surface area contributed by atoms with Gasteiger partial charge in [-0.05, 0) is 48.6 Å². The van der Waals surface area contributed by atoms with Crippen LogP contribution in [-0.2, 0) is 4.79 Å². The van der Waals surface area contributed by atoms with Gasteiger partial charge in [0.2, 0.25) is 5.91 Å². The van der Waals surface area contributed by atoms with Crippen LogP contribution in [0.15, 0.2) is 53.4 Å². The van der Waals surface area contributed by atoms with Crippen molar-refractivity contribution in [3.05, 3.63) is 59.7 Å². The molecule has 3 N–H and O–H groups in total. The van der Waals surface area contributed by atoms with Gasteiger partial charge < -0.3 is 15.7 Å². The maximum atomic E-state index is 12.9. The minimum atomic E-state index is -0.396. The molecule has 0 spiro atoms. The fourth-order valence-corrected chi connectivity index (χ4v) is 4.03. The minimum absolute atomic E-state index is 0.00160. The SMILES string of the molecule is NC(=O)CSc1ccccc1C(=O)N1CCC(c2ccc(O)cc2)CC1. The molecule has 0 atom stereocenters. The number of amides is 2. The van der Waals surface area contributed by atoms with Crippen molar-refractivity contribution in [1.29, 1.82) is 0 Å². The van der Waals surface area contributed by atoms with Crippen molar-refractivity contribution in [1.82, 2.24) is 4.90 Å². The molecule has 2 amide bonds. The average Bonchev–Trinajstić information content (AvgIpc) is 2.67. The first-order valence-electron chi connectivity index (χ1n) is 8.63. The quantitative estimate of drug-likeness (QED) is 0.793. The van der Waals surface area contributed by atoms with Crippen LogP contribution in [-0.4, -0.2) is 40.7 Å². The summed E-state index contributed by atoms with van der Waals surface area (Å²) in [6.07, 6.45) is 1.79. The highest BCUT2D eigenvalue weighted by Gasteiger charge is 2.25. The Balaban J connectivity index is 1.65. The molecule has 0 aromatic heterocycles. The Hall–Kier alpha value is -2.47. The van der Waals surface area contributed by atoms with E-state index in [1.54, 1.807) is 18.2 Å². The van der Waals surface area contributed by atoms with E-state index in [9.17, 15) is 14.7 Å². The summed E-state index contributed by atoms with van der Waals surface area (Å²) in [4.78, 5) is 26.6. The standard InChI is InChI=1S/C20H22N2O3S/c21-19(24)13-26-18-4-2-1-3-17(18)20(25)22-11-9-15(10-12-22)14-5-7-16(23)8-6-14/h1-8,15,23H,9-13H2,(H2,21,24). The van der Waals surface area contributed by atoms with Crippen LogP contribution >= 0.6 is 11.8 Å². The van der Waals surface area contributed by atoms with Gasteiger partial charge in [-0.2, -0.15) is 0 Å². The summed E-state index contributed by atoms with van der Waals surface area (Å²) in [5.41, 5.74) is 7.05. The van der Waals surface area contributed by atoms with E-state index in [2.05, 4.69) is 0 Å². The number of carbonyl (C=O) groups excluding carboxylic acids is 2. The first-order valence-corrected chi connectivity index (χ1v) is 9.61. The lowest BCUT2D eigenvalue weighted by molar-refractivity contribution is -0.115. The Labute approximate surface area is 157 Å². The first kappa shape index (κ1) is 18.3. The number of hydrogen-bond donors (Lipinski definition) is 2. The number of primary amides is 1. The number of aromatic hydroxyl groups is 1. The molecule has 6 heteroatoms. The highest BCUT2D eigenvalue weighted by Crippen LogP contribution is 2.31. The smallest absolute Gasteiger partial charge is 0.254 e. The third-order valence-corrected chi connectivity index (χ3v) is 5.73. The summed E-state index contributed by atoms with van der Waals surface area (Å²) in [7, 11) is 0. The van der Waals surface area contributed by atoms with E-state index in [1.807, 2.05) is 35.2 Å². The largest absolute Gasteiger partial charge is 0.508 e. The summed E-state index contributed by atoms with van der Waals surface area (Å²) >= 11 is 1.30. The van der Waals surface area contributed by atoms with Gasteiger partial charge in [0, 0.05) is 18.0 Å². The Morgan fingerprint density at radius 2 is 1.73 bits per heavy atom. The van der Waals surface area contributed by atoms with Crippen molar-refractivity contribution in [3.8, 4) is 5.75 Å². The third kappa shape index (κ3) is 4.38. The summed E-state index contributed by atoms with van der Waals surface area (Å²) < 4.78 is 0. The molecule has 2 aromatic rings. The van der Waals surface area contributed by atoms with Gasteiger partial charge in [0.05, 0.1) is 11.3 Å². The van der Waals surface area contributed by atoms with Gasteiger partial charge in [-0.15, -0.1) is 11.8 Å². The zero-order chi connectivity index (χ0) is 18.5. The predicted octanol–water partition coefficient (Wildman–Crippen LogP) is 2.99. The zero-order valence-corrected chi connectivity index (χ0v) is 15.2. The molecule has 5 nitrogen and oxygen atoms in total. The number of nitrogens with zero attached hydrogens (tertiary/aromatic N) is 1. The van der Waals surface area contributed by atoms with Gasteiger partial charge in [0.1, 0.15) is 5.75 Å². The van der Waals surface area contributed by atoms with Crippen LogP contribution in [0.25, 0.3) is 0 Å². The van der Waals surface area contributed by atoms with Gasteiger partial charge in [0.25, 0.3) is 5.91 Å². The summed E-state index contributed by atoms with van der Waals surface area (Å²) in [6.45, 7) is 1.39. The van der Waals surface area contributed by atoms with Crippen LogP contribution in [0.1, 0.15) is 34.7 Å². The second-order valence-electron chi connectivity index (χ2n) is 6.41. The average molecular weight is 370 g/mol. The lowest BCUT2D eigenvalue weighted by Crippen LogP contribution is -2.38. The third-order valence-electron chi connectivity index (χ3n) is 4.63. The molecule has 1 saturated heterocycles. The second kappa shape index (κ2) is 8.27. The van der Waals surface area contributed by atoms with Crippen LogP contribution in [0.3, 0.4) is 0 Å². The fraction of sp³-hybridized carbons (Fsp3) is 0.300. The first-order chi connectivity index (χ1) is 12.5. The van der Waals surface area contributed by atoms with E-state index in [0.29, 0.717) is 24.6 Å². The number of nitrogens with two attached hydrogens (primary N) is 1. The molecule has 0 saturated carbocycles. The van der Waals surface area contributed by atoms with E-state index >= 15 is 0 Å². The number of phenols is 1. The van der Waals surface area contributed by atoms with Crippen molar-refractivity contribution in [2.45, 2.75) is 23.7 Å². The van der Waals surface area contributed by atoms with Gasteiger partial charge in [-0.1, -0.05) is 24.3 Å². The van der Waals surface area contributed by atoms with Crippen LogP contribution in [0.4, 0.5) is 0 Å². The fourth-order valence-electron chi connectivity index (χ4n) is 3.25. The number of benzene rings is 2. The molecule has 0 radical (unpaired) electrons. The summed E-state index contributed by atoms with van der Waals surface area (Å²) in [6, 6.07) is 14.7. The molecule has 1 fully saturated rings. The van der Waals surface area contributed by atoms with E-state index in [0.717, 1.165) is 17.7 Å². The molecule has 1 aliphatic rings. The van der Waals surface area contributed by atoms with Gasteiger partial charge in [0.15, 0.2) is 0 Å². The van der Waals surface area contributed by atoms with Crippen LogP contribution < -0.4 is 5.73 Å². The Morgan fingerprint density at radius 1 is 1.08 bits per heavy atom. The van der Waals surface area contributed by atoms with E-state index in [-0.39, 0.29) is 17.4 Å². The molecule has 3 rings (SSSR count). The lowest BCUT2D eigenvalue weighted by atomic mass is 9.89. The minimum Gasteiger partial charge on any atom is -0.508 e. The highest BCUT2D eigenvalue weighted by atomic mass is 32.2. The maximum Gasteiger partial charge on any atom is 0.254 e. The number of rotatable bonds is 5. The van der Waals surface area contributed by atoms with E-state index < -0.39 is 5.91 Å². The highest BCUT2D eigenvalue weighted by molar-refractivity contribution is 8.00. The molecule has 1 heterocycles. The number of carbonyl (C=O) groups is 2. The van der Waals surface area contributed by atoms with Crippen molar-refractivity contribution in [2.24, 2.45) is 5.73 Å². The van der Waals surface area contributed by atoms with Crippen molar-refractivity contribution in [3.63, 3.8) is 0 Å². The Kier molecular flexibility index (Phi) is 5.83. The molecule has 2 aromatic carbocycles. The molecule has 136 valence electrons. The van der Waals surface area contributed by atoms with Crippen molar-refractivity contribution in [2.75, 3.05) is 18.8 Å². The van der Waals surface area contributed by atoms with E-state index in [4.69, 9.17) is 5.73 Å². The van der Waals surface area contributed by atoms with Crippen LogP contribution in [0.2, 0.25) is 0 Å². The van der Waals surface area contributed by atoms with Crippen LogP contribution in [0, 0.1) is 0 Å². The topological polar surface area (TPSA) is 83.6 Å². The Bertz CT molecular complexity index is 784. The lowest BCUT2D eigenvalue weighted by Gasteiger charge is -2.32. The number of likely N-dealkylation sites (tertiary alicyclic amines) is 1. The molecule has 1 aliphatic heterocycles. The van der Waals surface area contributed by atoms with Gasteiger partial charge in [-0.3, -0.25) is 9.59 Å². The molecular weight excluding hydrogens is 348 g/mol. The zero-order valence-electron chi connectivity index (χ0n) is 14.4. The number of thioether (sulfide) groups is 1. The van der Waals surface area contributed by atoms with E-state index in [1.165, 1.54) is 17.3 Å².